The van der Waals surface area contributed by atoms with Gasteiger partial charge in [-0.25, -0.2) is 0 Å². The Morgan fingerprint density at radius 2 is 2.07 bits per heavy atom. The molecule has 0 aliphatic rings. The standard InChI is InChI=1S/C8H16O5S/c1-12-3-2-4-13-5-6-14(11)7-8(9)10/h2-7H2,1H3,(H,9,10). The fraction of sp³-hybridized carbons (Fsp3) is 0.875. The largest absolute Gasteiger partial charge is 0.481 e. The number of ether oxygens (including phenoxy) is 2. The number of aliphatic carboxylic acids is 1. The van der Waals surface area contributed by atoms with Crippen molar-refractivity contribution in [1.82, 2.24) is 0 Å². The number of carboxylic acid groups (broad SMARTS) is 1. The number of rotatable bonds is 9. The van der Waals surface area contributed by atoms with Crippen molar-refractivity contribution in [3.63, 3.8) is 0 Å². The van der Waals surface area contributed by atoms with E-state index >= 15 is 0 Å². The molecule has 0 fully saturated rings. The highest BCUT2D eigenvalue weighted by Crippen LogP contribution is 1.87. The van der Waals surface area contributed by atoms with E-state index in [0.29, 0.717) is 19.8 Å². The Morgan fingerprint density at radius 1 is 1.36 bits per heavy atom. The first-order valence-electron chi connectivity index (χ1n) is 4.30. The summed E-state index contributed by atoms with van der Waals surface area (Å²) in [6.07, 6.45) is 0.794. The molecule has 0 aromatic heterocycles. The first-order valence-corrected chi connectivity index (χ1v) is 5.79. The Kier molecular flexibility index (Phi) is 8.81. The van der Waals surface area contributed by atoms with Gasteiger partial charge in [0, 0.05) is 36.9 Å². The normalized spacial score (nSPS) is 12.6. The van der Waals surface area contributed by atoms with Gasteiger partial charge in [0.15, 0.2) is 0 Å². The van der Waals surface area contributed by atoms with Crippen LogP contribution in [-0.2, 0) is 25.1 Å². The van der Waals surface area contributed by atoms with Gasteiger partial charge in [-0.3, -0.25) is 9.00 Å². The fourth-order valence-corrected chi connectivity index (χ4v) is 1.49. The number of hydrogen-bond donors (Lipinski definition) is 1. The Hall–Kier alpha value is -0.460. The van der Waals surface area contributed by atoms with Gasteiger partial charge in [0.05, 0.1) is 6.61 Å². The van der Waals surface area contributed by atoms with Crippen LogP contribution in [0.5, 0.6) is 0 Å². The van der Waals surface area contributed by atoms with Gasteiger partial charge in [-0.1, -0.05) is 0 Å². The Labute approximate surface area is 85.9 Å². The van der Waals surface area contributed by atoms with Crippen molar-refractivity contribution in [3.05, 3.63) is 0 Å². The minimum absolute atomic E-state index is 0.277. The quantitative estimate of drug-likeness (QED) is 0.552. The second-order valence-electron chi connectivity index (χ2n) is 2.64. The van der Waals surface area contributed by atoms with Gasteiger partial charge in [-0.15, -0.1) is 0 Å². The molecule has 0 aromatic carbocycles. The Balaban J connectivity index is 3.19. The van der Waals surface area contributed by atoms with Crippen LogP contribution >= 0.6 is 0 Å². The summed E-state index contributed by atoms with van der Waals surface area (Å²) in [5, 5.41) is 8.31. The molecule has 6 heteroatoms. The molecule has 1 atom stereocenters. The summed E-state index contributed by atoms with van der Waals surface area (Å²) in [7, 11) is 0.300. The van der Waals surface area contributed by atoms with Crippen molar-refractivity contribution in [3.8, 4) is 0 Å². The Bertz CT molecular complexity index is 183. The zero-order valence-electron chi connectivity index (χ0n) is 8.23. The topological polar surface area (TPSA) is 72.8 Å². The molecule has 1 unspecified atom stereocenters. The van der Waals surface area contributed by atoms with Crippen LogP contribution in [0.4, 0.5) is 0 Å². The van der Waals surface area contributed by atoms with Crippen molar-refractivity contribution in [2.75, 3.05) is 38.4 Å². The molecule has 0 spiro atoms. The van der Waals surface area contributed by atoms with Crippen LogP contribution in [0.1, 0.15) is 6.42 Å². The van der Waals surface area contributed by atoms with E-state index in [1.165, 1.54) is 0 Å². The lowest BCUT2D eigenvalue weighted by Gasteiger charge is -2.02. The van der Waals surface area contributed by atoms with Crippen molar-refractivity contribution in [1.29, 1.82) is 0 Å². The maximum absolute atomic E-state index is 11.0. The summed E-state index contributed by atoms with van der Waals surface area (Å²) < 4.78 is 20.9. The second-order valence-corrected chi connectivity index (χ2v) is 4.22. The first kappa shape index (κ1) is 13.5. The molecule has 84 valence electrons. The lowest BCUT2D eigenvalue weighted by molar-refractivity contribution is -0.133. The molecule has 0 heterocycles. The summed E-state index contributed by atoms with van der Waals surface area (Å²) in [5.74, 6) is -1.07. The highest BCUT2D eigenvalue weighted by atomic mass is 32.2. The van der Waals surface area contributed by atoms with Gasteiger partial charge in [0.1, 0.15) is 5.75 Å². The average molecular weight is 224 g/mol. The predicted molar refractivity (Wildman–Crippen MR) is 52.8 cm³/mol. The van der Waals surface area contributed by atoms with Crippen LogP contribution in [0.3, 0.4) is 0 Å². The molecule has 0 aromatic rings. The molecule has 0 amide bonds. The van der Waals surface area contributed by atoms with Crippen LogP contribution in [0, 0.1) is 0 Å². The monoisotopic (exact) mass is 224 g/mol. The van der Waals surface area contributed by atoms with E-state index in [1.807, 2.05) is 0 Å². The fourth-order valence-electron chi connectivity index (χ4n) is 0.769. The smallest absolute Gasteiger partial charge is 0.316 e. The van der Waals surface area contributed by atoms with E-state index in [1.54, 1.807) is 7.11 Å². The van der Waals surface area contributed by atoms with Crippen LogP contribution in [0.2, 0.25) is 0 Å². The molecule has 0 bridgehead atoms. The lowest BCUT2D eigenvalue weighted by Crippen LogP contribution is -2.15. The maximum Gasteiger partial charge on any atom is 0.316 e. The molecule has 0 radical (unpaired) electrons. The van der Waals surface area contributed by atoms with Crippen LogP contribution in [-0.4, -0.2) is 53.7 Å². The molecule has 0 aliphatic heterocycles. The molecule has 5 nitrogen and oxygen atoms in total. The molecular formula is C8H16O5S. The minimum atomic E-state index is -1.31. The molecule has 1 N–H and O–H groups in total. The number of methoxy groups -OCH3 is 1. The van der Waals surface area contributed by atoms with Gasteiger partial charge >= 0.3 is 5.97 Å². The van der Waals surface area contributed by atoms with E-state index in [-0.39, 0.29) is 11.5 Å². The predicted octanol–water partition coefficient (Wildman–Crippen LogP) is -0.127. The third-order valence-electron chi connectivity index (χ3n) is 1.38. The van der Waals surface area contributed by atoms with Crippen LogP contribution < -0.4 is 0 Å². The highest BCUT2D eigenvalue weighted by Gasteiger charge is 2.04. The summed E-state index contributed by atoms with van der Waals surface area (Å²) in [6, 6.07) is 0. The molecule has 14 heavy (non-hydrogen) atoms. The van der Waals surface area contributed by atoms with Crippen molar-refractivity contribution >= 4 is 16.8 Å². The molecule has 0 rings (SSSR count). The SMILES string of the molecule is COCCCOCCS(=O)CC(=O)O. The maximum atomic E-state index is 11.0. The zero-order valence-corrected chi connectivity index (χ0v) is 9.05. The summed E-state index contributed by atoms with van der Waals surface area (Å²) in [6.45, 7) is 1.53. The van der Waals surface area contributed by atoms with Crippen LogP contribution in [0.25, 0.3) is 0 Å². The average Bonchev–Trinajstić information content (AvgIpc) is 2.10. The highest BCUT2D eigenvalue weighted by molar-refractivity contribution is 7.85. The second kappa shape index (κ2) is 9.11. The molecule has 0 saturated heterocycles. The van der Waals surface area contributed by atoms with E-state index in [0.717, 1.165) is 6.42 Å². The third-order valence-corrected chi connectivity index (χ3v) is 2.57. The van der Waals surface area contributed by atoms with Gasteiger partial charge in [0.25, 0.3) is 0 Å². The van der Waals surface area contributed by atoms with Crippen molar-refractivity contribution in [2.24, 2.45) is 0 Å². The van der Waals surface area contributed by atoms with E-state index in [4.69, 9.17) is 14.6 Å². The number of carbonyl (C=O) groups is 1. The zero-order chi connectivity index (χ0) is 10.8. The summed E-state index contributed by atoms with van der Waals surface area (Å²) >= 11 is 0. The molecule has 0 saturated carbocycles. The van der Waals surface area contributed by atoms with E-state index in [2.05, 4.69) is 0 Å². The van der Waals surface area contributed by atoms with Gasteiger partial charge < -0.3 is 14.6 Å². The third kappa shape index (κ3) is 9.63. The van der Waals surface area contributed by atoms with Gasteiger partial charge in [-0.05, 0) is 6.42 Å². The number of carboxylic acids is 1. The lowest BCUT2D eigenvalue weighted by atomic mass is 10.5. The van der Waals surface area contributed by atoms with Gasteiger partial charge in [0.2, 0.25) is 0 Å². The van der Waals surface area contributed by atoms with Gasteiger partial charge in [-0.2, -0.15) is 0 Å². The number of hydrogen-bond acceptors (Lipinski definition) is 4. The first-order chi connectivity index (χ1) is 6.66. The Morgan fingerprint density at radius 3 is 2.64 bits per heavy atom. The van der Waals surface area contributed by atoms with Crippen molar-refractivity contribution < 1.29 is 23.6 Å². The van der Waals surface area contributed by atoms with E-state index in [9.17, 15) is 9.00 Å². The van der Waals surface area contributed by atoms with Crippen LogP contribution in [0.15, 0.2) is 0 Å². The summed E-state index contributed by atoms with van der Waals surface area (Å²) in [5.41, 5.74) is 0. The minimum Gasteiger partial charge on any atom is -0.481 e. The summed E-state index contributed by atoms with van der Waals surface area (Å²) in [4.78, 5) is 10.1. The molecule has 0 aliphatic carbocycles. The van der Waals surface area contributed by atoms with Crippen molar-refractivity contribution in [2.45, 2.75) is 6.42 Å². The molecular weight excluding hydrogens is 208 g/mol. The van der Waals surface area contributed by atoms with E-state index < -0.39 is 16.8 Å².